The van der Waals surface area contributed by atoms with Gasteiger partial charge in [0.25, 0.3) is 0 Å². The molecule has 1 aromatic carbocycles. The van der Waals surface area contributed by atoms with Crippen molar-refractivity contribution in [3.63, 3.8) is 0 Å². The molecule has 0 bridgehead atoms. The fraction of sp³-hybridized carbons (Fsp3) is 0.500. The summed E-state index contributed by atoms with van der Waals surface area (Å²) < 4.78 is 5.28. The van der Waals surface area contributed by atoms with Crippen molar-refractivity contribution in [3.8, 4) is 5.75 Å². The Bertz CT molecular complexity index is 372. The minimum absolute atomic E-state index is 0.0761. The van der Waals surface area contributed by atoms with Gasteiger partial charge in [0.15, 0.2) is 0 Å². The summed E-state index contributed by atoms with van der Waals surface area (Å²) >= 11 is 11.7. The Kier molecular flexibility index (Phi) is 6.06. The van der Waals surface area contributed by atoms with Gasteiger partial charge in [0.1, 0.15) is 5.75 Å². The van der Waals surface area contributed by atoms with E-state index in [0.717, 1.165) is 0 Å². The summed E-state index contributed by atoms with van der Waals surface area (Å²) in [5.41, 5.74) is 0.686. The second kappa shape index (κ2) is 7.07. The molecule has 0 saturated heterocycles. The van der Waals surface area contributed by atoms with Crippen LogP contribution in [0.4, 0.5) is 0 Å². The maximum atomic E-state index is 9.75. The van der Waals surface area contributed by atoms with E-state index in [1.807, 2.05) is 13.8 Å². The molecule has 96 valence electrons. The lowest BCUT2D eigenvalue weighted by Crippen LogP contribution is -2.30. The average Bonchev–Trinajstić information content (AvgIpc) is 2.29. The standard InChI is InChI=1S/C12H17Cl2NO2/c1-3-17-7-8(2)15-6-9-4-10(13)5-11(14)12(9)16/h4-5,8,15-16H,3,6-7H2,1-2H3. The van der Waals surface area contributed by atoms with Gasteiger partial charge in [-0.1, -0.05) is 23.2 Å². The van der Waals surface area contributed by atoms with Crippen LogP contribution in [0.2, 0.25) is 10.0 Å². The van der Waals surface area contributed by atoms with Crippen molar-refractivity contribution in [2.24, 2.45) is 0 Å². The number of phenolic OH excluding ortho intramolecular Hbond substituents is 1. The van der Waals surface area contributed by atoms with Crippen molar-refractivity contribution in [1.82, 2.24) is 5.32 Å². The van der Waals surface area contributed by atoms with Gasteiger partial charge in [0, 0.05) is 29.8 Å². The average molecular weight is 278 g/mol. The molecule has 0 radical (unpaired) electrons. The summed E-state index contributed by atoms with van der Waals surface area (Å²) in [6, 6.07) is 3.42. The zero-order chi connectivity index (χ0) is 12.8. The highest BCUT2D eigenvalue weighted by atomic mass is 35.5. The third-order valence-corrected chi connectivity index (χ3v) is 2.83. The molecule has 1 rings (SSSR count). The van der Waals surface area contributed by atoms with Crippen LogP contribution in [0, 0.1) is 0 Å². The highest BCUT2D eigenvalue weighted by Gasteiger charge is 2.09. The molecule has 0 aliphatic heterocycles. The van der Waals surface area contributed by atoms with Gasteiger partial charge < -0.3 is 15.2 Å². The molecule has 0 aliphatic rings. The largest absolute Gasteiger partial charge is 0.506 e. The smallest absolute Gasteiger partial charge is 0.138 e. The topological polar surface area (TPSA) is 41.5 Å². The second-order valence-corrected chi connectivity index (χ2v) is 4.68. The minimum Gasteiger partial charge on any atom is -0.506 e. The maximum Gasteiger partial charge on any atom is 0.138 e. The molecule has 3 nitrogen and oxygen atoms in total. The number of aromatic hydroxyl groups is 1. The van der Waals surface area contributed by atoms with Crippen LogP contribution in [0.15, 0.2) is 12.1 Å². The van der Waals surface area contributed by atoms with Crippen molar-refractivity contribution in [2.45, 2.75) is 26.4 Å². The van der Waals surface area contributed by atoms with Crippen LogP contribution in [0.3, 0.4) is 0 Å². The van der Waals surface area contributed by atoms with Gasteiger partial charge in [-0.25, -0.2) is 0 Å². The number of nitrogens with one attached hydrogen (secondary N) is 1. The van der Waals surface area contributed by atoms with Gasteiger partial charge in [0.05, 0.1) is 11.6 Å². The van der Waals surface area contributed by atoms with E-state index in [4.69, 9.17) is 27.9 Å². The number of hydrogen-bond donors (Lipinski definition) is 2. The van der Waals surface area contributed by atoms with Crippen molar-refractivity contribution in [3.05, 3.63) is 27.7 Å². The highest BCUT2D eigenvalue weighted by molar-refractivity contribution is 6.35. The first-order chi connectivity index (χ1) is 8.04. The van der Waals surface area contributed by atoms with Gasteiger partial charge in [-0.2, -0.15) is 0 Å². The third-order valence-electron chi connectivity index (χ3n) is 2.32. The summed E-state index contributed by atoms with van der Waals surface area (Å²) in [5, 5.41) is 13.8. The lowest BCUT2D eigenvalue weighted by Gasteiger charge is -2.14. The van der Waals surface area contributed by atoms with Crippen LogP contribution in [-0.2, 0) is 11.3 Å². The number of benzene rings is 1. The zero-order valence-electron chi connectivity index (χ0n) is 9.96. The molecule has 1 atom stereocenters. The third kappa shape index (κ3) is 4.72. The molecular formula is C12H17Cl2NO2. The van der Waals surface area contributed by atoms with Crippen LogP contribution < -0.4 is 5.32 Å². The minimum atomic E-state index is 0.0761. The summed E-state index contributed by atoms with van der Waals surface area (Å²) in [6.07, 6.45) is 0. The highest BCUT2D eigenvalue weighted by Crippen LogP contribution is 2.30. The van der Waals surface area contributed by atoms with Gasteiger partial charge >= 0.3 is 0 Å². The molecular weight excluding hydrogens is 261 g/mol. The van der Waals surface area contributed by atoms with Crippen molar-refractivity contribution in [1.29, 1.82) is 0 Å². The molecule has 0 spiro atoms. The lowest BCUT2D eigenvalue weighted by atomic mass is 10.2. The Morgan fingerprint density at radius 1 is 1.41 bits per heavy atom. The Morgan fingerprint density at radius 3 is 2.76 bits per heavy atom. The fourth-order valence-corrected chi connectivity index (χ4v) is 1.93. The Balaban J connectivity index is 2.57. The van der Waals surface area contributed by atoms with Crippen LogP contribution >= 0.6 is 23.2 Å². The van der Waals surface area contributed by atoms with E-state index in [2.05, 4.69) is 5.32 Å². The van der Waals surface area contributed by atoms with E-state index < -0.39 is 0 Å². The molecule has 0 aliphatic carbocycles. The van der Waals surface area contributed by atoms with E-state index in [0.29, 0.717) is 30.3 Å². The van der Waals surface area contributed by atoms with E-state index in [-0.39, 0.29) is 16.8 Å². The van der Waals surface area contributed by atoms with Crippen LogP contribution in [-0.4, -0.2) is 24.4 Å². The first-order valence-corrected chi connectivity index (χ1v) is 6.28. The van der Waals surface area contributed by atoms with Crippen LogP contribution in [0.1, 0.15) is 19.4 Å². The summed E-state index contributed by atoms with van der Waals surface area (Å²) in [5.74, 6) is 0.0761. The number of hydrogen-bond acceptors (Lipinski definition) is 3. The molecule has 5 heteroatoms. The van der Waals surface area contributed by atoms with E-state index in [1.54, 1.807) is 6.07 Å². The van der Waals surface area contributed by atoms with E-state index in [1.165, 1.54) is 6.07 Å². The van der Waals surface area contributed by atoms with Crippen LogP contribution in [0.25, 0.3) is 0 Å². The Morgan fingerprint density at radius 2 is 2.12 bits per heavy atom. The van der Waals surface area contributed by atoms with Gasteiger partial charge in [0.2, 0.25) is 0 Å². The monoisotopic (exact) mass is 277 g/mol. The van der Waals surface area contributed by atoms with Gasteiger partial charge in [-0.3, -0.25) is 0 Å². The number of rotatable bonds is 6. The molecule has 0 aromatic heterocycles. The summed E-state index contributed by atoms with van der Waals surface area (Å²) in [7, 11) is 0. The van der Waals surface area contributed by atoms with Crippen LogP contribution in [0.5, 0.6) is 5.75 Å². The Hall–Kier alpha value is -0.480. The molecule has 0 amide bonds. The van der Waals surface area contributed by atoms with Crippen molar-refractivity contribution >= 4 is 23.2 Å². The number of phenols is 1. The summed E-state index contributed by atoms with van der Waals surface area (Å²) in [4.78, 5) is 0. The number of halogens is 2. The normalized spacial score (nSPS) is 12.7. The first kappa shape index (κ1) is 14.6. The molecule has 17 heavy (non-hydrogen) atoms. The van der Waals surface area contributed by atoms with E-state index in [9.17, 15) is 5.11 Å². The van der Waals surface area contributed by atoms with Gasteiger partial charge in [-0.15, -0.1) is 0 Å². The molecule has 1 unspecified atom stereocenters. The van der Waals surface area contributed by atoms with E-state index >= 15 is 0 Å². The molecule has 0 heterocycles. The quantitative estimate of drug-likeness (QED) is 0.839. The van der Waals surface area contributed by atoms with Gasteiger partial charge in [-0.05, 0) is 26.0 Å². The maximum absolute atomic E-state index is 9.75. The van der Waals surface area contributed by atoms with Crippen molar-refractivity contribution < 1.29 is 9.84 Å². The predicted molar refractivity (Wildman–Crippen MR) is 70.9 cm³/mol. The fourth-order valence-electron chi connectivity index (χ4n) is 1.39. The molecule has 2 N–H and O–H groups in total. The predicted octanol–water partition coefficient (Wildman–Crippen LogP) is 3.21. The summed E-state index contributed by atoms with van der Waals surface area (Å²) in [6.45, 7) is 5.79. The SMILES string of the molecule is CCOCC(C)NCc1cc(Cl)cc(Cl)c1O. The lowest BCUT2D eigenvalue weighted by molar-refractivity contribution is 0.127. The Labute approximate surface area is 112 Å². The molecule has 1 aromatic rings. The zero-order valence-corrected chi connectivity index (χ0v) is 11.5. The molecule has 0 fully saturated rings. The number of ether oxygens (including phenoxy) is 1. The molecule has 0 saturated carbocycles. The van der Waals surface area contributed by atoms with Crippen molar-refractivity contribution in [2.75, 3.05) is 13.2 Å². The second-order valence-electron chi connectivity index (χ2n) is 3.84. The first-order valence-electron chi connectivity index (χ1n) is 5.52.